The smallest absolute Gasteiger partial charge is 0.264 e. The molecule has 1 N–H and O–H groups in total. The molecule has 1 saturated heterocycles. The highest BCUT2D eigenvalue weighted by molar-refractivity contribution is 8.18. The maximum absolute atomic E-state index is 12.6. The lowest BCUT2D eigenvalue weighted by Crippen LogP contribution is -2.48. The van der Waals surface area contributed by atoms with E-state index in [-0.39, 0.29) is 11.4 Å². The lowest BCUT2D eigenvalue weighted by Gasteiger charge is -2.47. The first-order chi connectivity index (χ1) is 14.7. The molecule has 0 bridgehead atoms. The lowest BCUT2D eigenvalue weighted by molar-refractivity contribution is -0.115. The molecule has 0 spiro atoms. The predicted molar refractivity (Wildman–Crippen MR) is 133 cm³/mol. The number of benzene rings is 2. The number of nitrogens with zero attached hydrogens (tertiary/aromatic N) is 2. The number of aryl methyl sites for hydroxylation is 2. The number of hydrogen-bond donors (Lipinski definition) is 1. The largest absolute Gasteiger partial charge is 0.366 e. The number of hydrogen-bond acceptors (Lipinski definition) is 4. The quantitative estimate of drug-likeness (QED) is 0.577. The Morgan fingerprint density at radius 3 is 2.74 bits per heavy atom. The molecule has 2 aromatic rings. The summed E-state index contributed by atoms with van der Waals surface area (Å²) in [6, 6.07) is 12.6. The third kappa shape index (κ3) is 4.29. The van der Waals surface area contributed by atoms with Crippen molar-refractivity contribution in [2.24, 2.45) is 4.99 Å². The summed E-state index contributed by atoms with van der Waals surface area (Å²) in [5.41, 5.74) is 7.14. The van der Waals surface area contributed by atoms with Crippen molar-refractivity contribution in [3.8, 4) is 0 Å². The van der Waals surface area contributed by atoms with Crippen LogP contribution in [-0.2, 0) is 4.79 Å². The van der Waals surface area contributed by atoms with Crippen LogP contribution in [0.15, 0.2) is 46.3 Å². The Bertz CT molecular complexity index is 1100. The minimum Gasteiger partial charge on any atom is -0.366 e. The molecule has 4 nitrogen and oxygen atoms in total. The van der Waals surface area contributed by atoms with E-state index in [0.717, 1.165) is 29.8 Å². The predicted octanol–water partition coefficient (Wildman–Crippen LogP) is 6.31. The molecule has 0 aromatic heterocycles. The number of thioether (sulfide) groups is 1. The maximum atomic E-state index is 12.6. The molecule has 0 aliphatic carbocycles. The summed E-state index contributed by atoms with van der Waals surface area (Å²) in [7, 11) is 0. The molecule has 5 heteroatoms. The van der Waals surface area contributed by atoms with Gasteiger partial charge in [-0.3, -0.25) is 4.79 Å². The minimum absolute atomic E-state index is 0.0853. The van der Waals surface area contributed by atoms with Gasteiger partial charge in [0.25, 0.3) is 5.91 Å². The van der Waals surface area contributed by atoms with Gasteiger partial charge in [0.2, 0.25) is 0 Å². The fraction of sp³-hybridized carbons (Fsp3) is 0.385. The van der Waals surface area contributed by atoms with Crippen LogP contribution in [0.4, 0.5) is 11.4 Å². The van der Waals surface area contributed by atoms with Gasteiger partial charge >= 0.3 is 0 Å². The summed E-state index contributed by atoms with van der Waals surface area (Å²) >= 11 is 1.41. The van der Waals surface area contributed by atoms with Crippen molar-refractivity contribution in [3.05, 3.63) is 63.6 Å². The van der Waals surface area contributed by atoms with Crippen LogP contribution in [-0.4, -0.2) is 23.2 Å². The van der Waals surface area contributed by atoms with Gasteiger partial charge in [-0.2, -0.15) is 0 Å². The zero-order valence-electron chi connectivity index (χ0n) is 19.2. The number of rotatable bonds is 3. The van der Waals surface area contributed by atoms with Crippen molar-refractivity contribution < 1.29 is 4.79 Å². The Morgan fingerprint density at radius 1 is 1.26 bits per heavy atom. The van der Waals surface area contributed by atoms with Gasteiger partial charge in [-0.05, 0) is 111 Å². The van der Waals surface area contributed by atoms with E-state index in [9.17, 15) is 4.79 Å². The van der Waals surface area contributed by atoms with Crippen LogP contribution in [0.2, 0.25) is 0 Å². The SMILES string of the molecule is CCN1c2cc(C)c(/C=C3\SC(=Nc4cccc(C)c4)NC3=O)cc2C(C)CC1(C)C. The normalized spacial score (nSPS) is 22.7. The van der Waals surface area contributed by atoms with Crippen LogP contribution in [0.3, 0.4) is 0 Å². The Labute approximate surface area is 189 Å². The van der Waals surface area contributed by atoms with E-state index in [0.29, 0.717) is 16.0 Å². The van der Waals surface area contributed by atoms with Gasteiger partial charge in [-0.1, -0.05) is 19.1 Å². The number of amides is 1. The minimum atomic E-state index is -0.0853. The van der Waals surface area contributed by atoms with Gasteiger partial charge in [-0.15, -0.1) is 0 Å². The summed E-state index contributed by atoms with van der Waals surface area (Å²) in [5, 5.41) is 3.54. The molecule has 1 fully saturated rings. The average molecular weight is 434 g/mol. The van der Waals surface area contributed by atoms with Gasteiger partial charge in [0.1, 0.15) is 0 Å². The molecule has 2 heterocycles. The fourth-order valence-corrected chi connectivity index (χ4v) is 5.67. The van der Waals surface area contributed by atoms with Gasteiger partial charge in [-0.25, -0.2) is 4.99 Å². The first-order valence-corrected chi connectivity index (χ1v) is 11.8. The molecule has 2 aliphatic rings. The molecule has 4 rings (SSSR count). The monoisotopic (exact) mass is 433 g/mol. The molecule has 1 amide bonds. The van der Waals surface area contributed by atoms with E-state index in [1.165, 1.54) is 28.6 Å². The molecule has 2 aliphatic heterocycles. The van der Waals surface area contributed by atoms with Gasteiger partial charge in [0.05, 0.1) is 10.6 Å². The van der Waals surface area contributed by atoms with Crippen molar-refractivity contribution in [2.45, 2.75) is 59.4 Å². The fourth-order valence-electron chi connectivity index (χ4n) is 4.84. The maximum Gasteiger partial charge on any atom is 0.264 e. The third-order valence-corrected chi connectivity index (χ3v) is 7.17. The standard InChI is InChI=1S/C26H31N3OS/c1-7-29-22-12-17(3)19(13-21(22)18(4)15-26(29,5)6)14-23-24(30)28-25(31-23)27-20-10-8-9-16(2)11-20/h8-14,18H,7,15H2,1-6H3,(H,27,28,30)/b23-14-. The topological polar surface area (TPSA) is 44.7 Å². The van der Waals surface area contributed by atoms with E-state index >= 15 is 0 Å². The highest BCUT2D eigenvalue weighted by atomic mass is 32.2. The molecule has 1 atom stereocenters. The van der Waals surface area contributed by atoms with Crippen LogP contribution in [0.5, 0.6) is 0 Å². The van der Waals surface area contributed by atoms with Gasteiger partial charge < -0.3 is 10.2 Å². The Kier molecular flexibility index (Phi) is 5.73. The molecular weight excluding hydrogens is 402 g/mol. The number of aliphatic imine (C=N–C) groups is 1. The summed E-state index contributed by atoms with van der Waals surface area (Å²) in [4.78, 5) is 20.4. The highest BCUT2D eigenvalue weighted by Crippen LogP contribution is 2.44. The van der Waals surface area contributed by atoms with E-state index in [1.54, 1.807) is 0 Å². The molecule has 2 aromatic carbocycles. The highest BCUT2D eigenvalue weighted by Gasteiger charge is 2.35. The zero-order valence-corrected chi connectivity index (χ0v) is 20.1. The number of nitrogens with one attached hydrogen (secondary N) is 1. The molecule has 1 unspecified atom stereocenters. The molecule has 162 valence electrons. The number of anilines is 1. The third-order valence-electron chi connectivity index (χ3n) is 6.26. The van der Waals surface area contributed by atoms with E-state index in [4.69, 9.17) is 0 Å². The molecule has 0 saturated carbocycles. The second-order valence-electron chi connectivity index (χ2n) is 9.25. The number of fused-ring (bicyclic) bond motifs is 1. The molecular formula is C26H31N3OS. The van der Waals surface area contributed by atoms with Crippen molar-refractivity contribution in [3.63, 3.8) is 0 Å². The van der Waals surface area contributed by atoms with Crippen molar-refractivity contribution in [2.75, 3.05) is 11.4 Å². The summed E-state index contributed by atoms with van der Waals surface area (Å²) in [6.07, 6.45) is 3.13. The second kappa shape index (κ2) is 8.19. The first kappa shape index (κ1) is 21.7. The van der Waals surface area contributed by atoms with Crippen LogP contribution in [0, 0.1) is 13.8 Å². The lowest BCUT2D eigenvalue weighted by atomic mass is 9.79. The van der Waals surface area contributed by atoms with Crippen molar-refractivity contribution in [1.29, 1.82) is 0 Å². The summed E-state index contributed by atoms with van der Waals surface area (Å²) < 4.78 is 0. The van der Waals surface area contributed by atoms with E-state index in [2.05, 4.69) is 62.0 Å². The molecule has 31 heavy (non-hydrogen) atoms. The van der Waals surface area contributed by atoms with Crippen LogP contribution in [0.1, 0.15) is 62.3 Å². The van der Waals surface area contributed by atoms with Crippen LogP contribution in [0.25, 0.3) is 6.08 Å². The Hall–Kier alpha value is -2.53. The van der Waals surface area contributed by atoms with E-state index < -0.39 is 0 Å². The Balaban J connectivity index is 1.67. The van der Waals surface area contributed by atoms with Gasteiger partial charge in [0.15, 0.2) is 5.17 Å². The number of amidine groups is 1. The van der Waals surface area contributed by atoms with E-state index in [1.807, 2.05) is 37.3 Å². The van der Waals surface area contributed by atoms with Crippen molar-refractivity contribution >= 4 is 40.3 Å². The Morgan fingerprint density at radius 2 is 2.03 bits per heavy atom. The second-order valence-corrected chi connectivity index (χ2v) is 10.3. The van der Waals surface area contributed by atoms with Gasteiger partial charge in [0, 0.05) is 17.8 Å². The van der Waals surface area contributed by atoms with Crippen molar-refractivity contribution in [1.82, 2.24) is 5.32 Å². The van der Waals surface area contributed by atoms with Crippen LogP contribution >= 0.6 is 11.8 Å². The zero-order chi connectivity index (χ0) is 22.3. The summed E-state index contributed by atoms with van der Waals surface area (Å²) in [5.74, 6) is 0.395. The molecule has 0 radical (unpaired) electrons. The van der Waals surface area contributed by atoms with Crippen LogP contribution < -0.4 is 10.2 Å². The number of carbonyl (C=O) groups is 1. The number of carbonyl (C=O) groups excluding carboxylic acids is 1. The average Bonchev–Trinajstić information content (AvgIpc) is 3.01. The first-order valence-electron chi connectivity index (χ1n) is 11.0. The summed E-state index contributed by atoms with van der Waals surface area (Å²) in [6.45, 7) is 14.3.